The zero-order chi connectivity index (χ0) is 12.6. The average Bonchev–Trinajstić information content (AvgIpc) is 3.06. The second-order valence-corrected chi connectivity index (χ2v) is 5.05. The van der Waals surface area contributed by atoms with Crippen LogP contribution in [-0.2, 0) is 16.0 Å². The van der Waals surface area contributed by atoms with Crippen LogP contribution in [-0.4, -0.2) is 13.1 Å². The number of rotatable bonds is 3. The van der Waals surface area contributed by atoms with Crippen molar-refractivity contribution in [3.8, 4) is 0 Å². The van der Waals surface area contributed by atoms with Crippen molar-refractivity contribution in [3.63, 3.8) is 0 Å². The number of hydrogen-bond acceptors (Lipinski definition) is 2. The molecule has 0 radical (unpaired) electrons. The van der Waals surface area contributed by atoms with Crippen molar-refractivity contribution >= 4 is 17.6 Å². The fraction of sp³-hybridized carbons (Fsp3) is 0.462. The number of aryl methyl sites for hydroxylation is 1. The molecule has 1 aromatic rings. The molecule has 0 atom stereocenters. The summed E-state index contributed by atoms with van der Waals surface area (Å²) in [5.74, 6) is -0.514. The molecule has 0 heterocycles. The average molecular weight is 257 g/mol. The predicted molar refractivity (Wildman–Crippen MR) is 63.5 cm³/mol. The number of halogens is 2. The molecule has 1 saturated carbocycles. The molecule has 0 N–H and O–H groups in total. The quantitative estimate of drug-likeness (QED) is 0.776. The van der Waals surface area contributed by atoms with Crippen LogP contribution in [0, 0.1) is 18.2 Å². The summed E-state index contributed by atoms with van der Waals surface area (Å²) in [7, 11) is 1.37. The van der Waals surface area contributed by atoms with E-state index in [1.807, 2.05) is 0 Å². The molecule has 1 aliphatic carbocycles. The van der Waals surface area contributed by atoms with Gasteiger partial charge < -0.3 is 4.74 Å². The second-order valence-electron chi connectivity index (χ2n) is 4.64. The van der Waals surface area contributed by atoms with Crippen molar-refractivity contribution in [3.05, 3.63) is 34.1 Å². The lowest BCUT2D eigenvalue weighted by Gasteiger charge is -2.14. The smallest absolute Gasteiger partial charge is 0.312 e. The minimum atomic E-state index is -0.472. The van der Waals surface area contributed by atoms with Crippen LogP contribution in [0.15, 0.2) is 12.1 Å². The lowest BCUT2D eigenvalue weighted by Crippen LogP contribution is -2.20. The van der Waals surface area contributed by atoms with Crippen molar-refractivity contribution < 1.29 is 13.9 Å². The summed E-state index contributed by atoms with van der Waals surface area (Å²) >= 11 is 6.06. The number of carbonyl (C=O) groups excluding carboxylic acids is 1. The van der Waals surface area contributed by atoms with Gasteiger partial charge in [0.05, 0.1) is 12.5 Å². The van der Waals surface area contributed by atoms with Crippen LogP contribution < -0.4 is 0 Å². The van der Waals surface area contributed by atoms with Gasteiger partial charge in [0.15, 0.2) is 0 Å². The Labute approximate surface area is 105 Å². The van der Waals surface area contributed by atoms with Crippen molar-refractivity contribution in [1.29, 1.82) is 0 Å². The van der Waals surface area contributed by atoms with E-state index in [1.54, 1.807) is 13.0 Å². The zero-order valence-electron chi connectivity index (χ0n) is 9.85. The van der Waals surface area contributed by atoms with Gasteiger partial charge >= 0.3 is 5.97 Å². The first-order valence-electron chi connectivity index (χ1n) is 5.51. The molecule has 0 aliphatic heterocycles. The Balaban J connectivity index is 2.25. The molecule has 1 aromatic carbocycles. The maximum absolute atomic E-state index is 13.5. The van der Waals surface area contributed by atoms with Crippen LogP contribution in [0.5, 0.6) is 0 Å². The monoisotopic (exact) mass is 256 g/mol. The molecule has 17 heavy (non-hydrogen) atoms. The van der Waals surface area contributed by atoms with E-state index in [0.717, 1.165) is 12.8 Å². The van der Waals surface area contributed by atoms with Crippen LogP contribution in [0.2, 0.25) is 5.02 Å². The van der Waals surface area contributed by atoms with Gasteiger partial charge in [0, 0.05) is 5.02 Å². The van der Waals surface area contributed by atoms with E-state index in [-0.39, 0.29) is 11.8 Å². The third kappa shape index (κ3) is 2.29. The zero-order valence-corrected chi connectivity index (χ0v) is 10.6. The van der Waals surface area contributed by atoms with Gasteiger partial charge in [-0.15, -0.1) is 0 Å². The molecule has 0 saturated heterocycles. The Morgan fingerprint density at radius 2 is 2.18 bits per heavy atom. The Bertz CT molecular complexity index is 467. The highest BCUT2D eigenvalue weighted by molar-refractivity contribution is 6.31. The second kappa shape index (κ2) is 4.30. The van der Waals surface area contributed by atoms with E-state index in [4.69, 9.17) is 16.3 Å². The summed E-state index contributed by atoms with van der Waals surface area (Å²) in [5.41, 5.74) is 0.722. The van der Waals surface area contributed by atoms with Crippen LogP contribution >= 0.6 is 11.6 Å². The molecule has 1 fully saturated rings. The molecule has 0 spiro atoms. The van der Waals surface area contributed by atoms with Gasteiger partial charge in [-0.25, -0.2) is 4.39 Å². The number of ether oxygens (including phenoxy) is 1. The van der Waals surface area contributed by atoms with Crippen LogP contribution in [0.1, 0.15) is 24.0 Å². The Morgan fingerprint density at radius 1 is 1.53 bits per heavy atom. The molecule has 1 aliphatic rings. The lowest BCUT2D eigenvalue weighted by atomic mass is 9.96. The Kier molecular flexibility index (Phi) is 3.13. The molecule has 2 rings (SSSR count). The van der Waals surface area contributed by atoms with E-state index in [1.165, 1.54) is 13.2 Å². The van der Waals surface area contributed by atoms with Crippen molar-refractivity contribution in [1.82, 2.24) is 0 Å². The molecular weight excluding hydrogens is 243 g/mol. The molecule has 0 unspecified atom stereocenters. The van der Waals surface area contributed by atoms with E-state index in [9.17, 15) is 9.18 Å². The van der Waals surface area contributed by atoms with Gasteiger partial charge in [-0.3, -0.25) is 4.79 Å². The van der Waals surface area contributed by atoms with Gasteiger partial charge in [-0.2, -0.15) is 0 Å². The Morgan fingerprint density at radius 3 is 2.71 bits per heavy atom. The third-order valence-electron chi connectivity index (χ3n) is 3.33. The predicted octanol–water partition coefficient (Wildman–Crippen LogP) is 3.28. The number of benzene rings is 1. The molecule has 0 aromatic heterocycles. The highest BCUT2D eigenvalue weighted by Gasteiger charge is 2.51. The Hall–Kier alpha value is -1.09. The van der Waals surface area contributed by atoms with Crippen molar-refractivity contribution in [2.24, 2.45) is 5.41 Å². The summed E-state index contributed by atoms with van der Waals surface area (Å²) in [6, 6.07) is 3.01. The summed E-state index contributed by atoms with van der Waals surface area (Å²) < 4.78 is 18.2. The minimum absolute atomic E-state index is 0.227. The highest BCUT2D eigenvalue weighted by Crippen LogP contribution is 2.50. The van der Waals surface area contributed by atoms with Crippen LogP contribution in [0.3, 0.4) is 0 Å². The lowest BCUT2D eigenvalue weighted by molar-refractivity contribution is -0.147. The summed E-state index contributed by atoms with van der Waals surface area (Å²) in [6.07, 6.45) is 2.02. The molecule has 0 bridgehead atoms. The summed E-state index contributed by atoms with van der Waals surface area (Å²) in [4.78, 5) is 11.6. The molecule has 4 heteroatoms. The largest absolute Gasteiger partial charge is 0.469 e. The fourth-order valence-electron chi connectivity index (χ4n) is 2.01. The van der Waals surface area contributed by atoms with E-state index >= 15 is 0 Å². The summed E-state index contributed by atoms with van der Waals surface area (Å²) in [5, 5.41) is 0.513. The molecule has 0 amide bonds. The SMILES string of the molecule is COC(=O)C1(Cc2cc(F)c(C)cc2Cl)CC1. The fourth-order valence-corrected chi connectivity index (χ4v) is 2.29. The maximum atomic E-state index is 13.5. The number of hydrogen-bond donors (Lipinski definition) is 0. The summed E-state index contributed by atoms with van der Waals surface area (Å²) in [6.45, 7) is 1.66. The standard InChI is InChI=1S/C13H14ClFO2/c1-8-5-10(14)9(6-11(8)15)7-13(3-4-13)12(16)17-2/h5-6H,3-4,7H2,1-2H3. The minimum Gasteiger partial charge on any atom is -0.469 e. The third-order valence-corrected chi connectivity index (χ3v) is 3.68. The number of carbonyl (C=O) groups is 1. The number of methoxy groups -OCH3 is 1. The molecule has 2 nitrogen and oxygen atoms in total. The van der Waals surface area contributed by atoms with E-state index < -0.39 is 5.41 Å². The molecular formula is C13H14ClFO2. The van der Waals surface area contributed by atoms with E-state index in [0.29, 0.717) is 22.6 Å². The number of esters is 1. The van der Waals surface area contributed by atoms with E-state index in [2.05, 4.69) is 0 Å². The van der Waals surface area contributed by atoms with Gasteiger partial charge in [-0.1, -0.05) is 11.6 Å². The topological polar surface area (TPSA) is 26.3 Å². The molecule has 92 valence electrons. The van der Waals surface area contributed by atoms with Gasteiger partial charge in [0.1, 0.15) is 5.82 Å². The normalized spacial score (nSPS) is 16.7. The van der Waals surface area contributed by atoms with Crippen molar-refractivity contribution in [2.45, 2.75) is 26.2 Å². The van der Waals surface area contributed by atoms with Crippen LogP contribution in [0.25, 0.3) is 0 Å². The first-order valence-corrected chi connectivity index (χ1v) is 5.89. The maximum Gasteiger partial charge on any atom is 0.312 e. The van der Waals surface area contributed by atoms with Crippen molar-refractivity contribution in [2.75, 3.05) is 7.11 Å². The van der Waals surface area contributed by atoms with Crippen LogP contribution in [0.4, 0.5) is 4.39 Å². The first-order chi connectivity index (χ1) is 7.98. The van der Waals surface area contributed by atoms with Gasteiger partial charge in [0.2, 0.25) is 0 Å². The van der Waals surface area contributed by atoms with Gasteiger partial charge in [-0.05, 0) is 49.4 Å². The van der Waals surface area contributed by atoms with Gasteiger partial charge in [0.25, 0.3) is 0 Å². The highest BCUT2D eigenvalue weighted by atomic mass is 35.5. The first kappa shape index (κ1) is 12.4.